The van der Waals surface area contributed by atoms with Gasteiger partial charge in [0.25, 0.3) is 0 Å². The molecule has 0 spiro atoms. The SMILES string of the molecule is Cn1c(SCC(=O)N2CCCC2)nnc1-c1c[nH]c2ccccc12. The zero-order chi connectivity index (χ0) is 16.5. The molecular formula is C17H19N5OS. The van der Waals surface area contributed by atoms with Gasteiger partial charge < -0.3 is 14.5 Å². The van der Waals surface area contributed by atoms with Crippen molar-refractivity contribution in [3.63, 3.8) is 0 Å². The maximum Gasteiger partial charge on any atom is 0.233 e. The molecule has 1 aliphatic rings. The first-order chi connectivity index (χ1) is 11.7. The third-order valence-corrected chi connectivity index (χ3v) is 5.45. The highest BCUT2D eigenvalue weighted by Gasteiger charge is 2.20. The van der Waals surface area contributed by atoms with Crippen molar-refractivity contribution in [3.8, 4) is 11.4 Å². The van der Waals surface area contributed by atoms with Crippen LogP contribution >= 0.6 is 11.8 Å². The number of fused-ring (bicyclic) bond motifs is 1. The number of aromatic amines is 1. The summed E-state index contributed by atoms with van der Waals surface area (Å²) in [5.41, 5.74) is 2.10. The second-order valence-electron chi connectivity index (χ2n) is 5.99. The lowest BCUT2D eigenvalue weighted by atomic mass is 10.1. The molecule has 4 rings (SSSR count). The first kappa shape index (κ1) is 15.3. The van der Waals surface area contributed by atoms with Crippen molar-refractivity contribution in [1.82, 2.24) is 24.6 Å². The normalized spacial score (nSPS) is 14.6. The number of nitrogens with one attached hydrogen (secondary N) is 1. The van der Waals surface area contributed by atoms with Crippen LogP contribution in [0.5, 0.6) is 0 Å². The minimum absolute atomic E-state index is 0.189. The van der Waals surface area contributed by atoms with Gasteiger partial charge in [0.1, 0.15) is 0 Å². The topological polar surface area (TPSA) is 66.8 Å². The van der Waals surface area contributed by atoms with E-state index in [4.69, 9.17) is 0 Å². The molecule has 1 saturated heterocycles. The van der Waals surface area contributed by atoms with Crippen LogP contribution in [0.15, 0.2) is 35.6 Å². The molecule has 0 aliphatic carbocycles. The zero-order valence-corrected chi connectivity index (χ0v) is 14.3. The van der Waals surface area contributed by atoms with E-state index < -0.39 is 0 Å². The highest BCUT2D eigenvalue weighted by atomic mass is 32.2. The summed E-state index contributed by atoms with van der Waals surface area (Å²) >= 11 is 1.45. The number of para-hydroxylation sites is 1. The molecule has 0 saturated carbocycles. The lowest BCUT2D eigenvalue weighted by Crippen LogP contribution is -2.29. The number of likely N-dealkylation sites (tertiary alicyclic amines) is 1. The Hall–Kier alpha value is -2.28. The average molecular weight is 341 g/mol. The predicted octanol–water partition coefficient (Wildman–Crippen LogP) is 2.68. The lowest BCUT2D eigenvalue weighted by Gasteiger charge is -2.14. The van der Waals surface area contributed by atoms with Crippen molar-refractivity contribution in [1.29, 1.82) is 0 Å². The molecule has 3 heterocycles. The molecule has 24 heavy (non-hydrogen) atoms. The highest BCUT2D eigenvalue weighted by Crippen LogP contribution is 2.29. The Morgan fingerprint density at radius 1 is 1.25 bits per heavy atom. The first-order valence-electron chi connectivity index (χ1n) is 8.10. The molecule has 0 radical (unpaired) electrons. The van der Waals surface area contributed by atoms with Crippen LogP contribution in [0.4, 0.5) is 0 Å². The van der Waals surface area contributed by atoms with Crippen LogP contribution in [-0.4, -0.2) is 49.4 Å². The molecule has 6 nitrogen and oxygen atoms in total. The van der Waals surface area contributed by atoms with Crippen molar-refractivity contribution >= 4 is 28.6 Å². The van der Waals surface area contributed by atoms with Crippen LogP contribution < -0.4 is 0 Å². The Morgan fingerprint density at radius 2 is 2.04 bits per heavy atom. The molecule has 0 bridgehead atoms. The van der Waals surface area contributed by atoms with Crippen LogP contribution in [-0.2, 0) is 11.8 Å². The standard InChI is InChI=1S/C17H19N5OS/c1-21-16(13-10-18-14-7-3-2-6-12(13)14)19-20-17(21)24-11-15(23)22-8-4-5-9-22/h2-3,6-7,10,18H,4-5,8-9,11H2,1H3. The number of amides is 1. The van der Waals surface area contributed by atoms with Gasteiger partial charge in [-0.15, -0.1) is 10.2 Å². The first-order valence-corrected chi connectivity index (χ1v) is 9.09. The van der Waals surface area contributed by atoms with Crippen LogP contribution in [0.2, 0.25) is 0 Å². The van der Waals surface area contributed by atoms with Crippen molar-refractivity contribution in [2.45, 2.75) is 18.0 Å². The quantitative estimate of drug-likeness (QED) is 0.741. The third-order valence-electron chi connectivity index (χ3n) is 4.45. The van der Waals surface area contributed by atoms with E-state index in [2.05, 4.69) is 21.2 Å². The van der Waals surface area contributed by atoms with Gasteiger partial charge in [-0.3, -0.25) is 4.79 Å². The van der Waals surface area contributed by atoms with Crippen LogP contribution in [0, 0.1) is 0 Å². The summed E-state index contributed by atoms with van der Waals surface area (Å²) in [6.07, 6.45) is 4.19. The van der Waals surface area contributed by atoms with Gasteiger partial charge in [0.15, 0.2) is 11.0 Å². The van der Waals surface area contributed by atoms with Gasteiger partial charge in [-0.25, -0.2) is 0 Å². The number of carbonyl (C=O) groups is 1. The number of H-pyrrole nitrogens is 1. The monoisotopic (exact) mass is 341 g/mol. The number of nitrogens with zero attached hydrogens (tertiary/aromatic N) is 4. The molecule has 124 valence electrons. The Morgan fingerprint density at radius 3 is 2.88 bits per heavy atom. The number of hydrogen-bond donors (Lipinski definition) is 1. The molecule has 7 heteroatoms. The van der Waals surface area contributed by atoms with Crippen molar-refractivity contribution < 1.29 is 4.79 Å². The van der Waals surface area contributed by atoms with E-state index in [1.807, 2.05) is 40.9 Å². The molecule has 2 aromatic heterocycles. The number of carbonyl (C=O) groups excluding carboxylic acids is 1. The Labute approximate surface area is 144 Å². The fourth-order valence-electron chi connectivity index (χ4n) is 3.12. The molecule has 1 fully saturated rings. The Bertz CT molecular complexity index is 878. The van der Waals surface area contributed by atoms with E-state index in [1.54, 1.807) is 0 Å². The summed E-state index contributed by atoms with van der Waals surface area (Å²) in [4.78, 5) is 17.4. The van der Waals surface area contributed by atoms with E-state index in [-0.39, 0.29) is 5.91 Å². The fourth-order valence-corrected chi connectivity index (χ4v) is 3.93. The van der Waals surface area contributed by atoms with Gasteiger partial charge in [0, 0.05) is 42.8 Å². The molecule has 1 aromatic carbocycles. The second kappa shape index (κ2) is 6.32. The average Bonchev–Trinajstić information content (AvgIpc) is 3.33. The summed E-state index contributed by atoms with van der Waals surface area (Å²) < 4.78 is 1.96. The molecule has 1 aliphatic heterocycles. The van der Waals surface area contributed by atoms with Crippen LogP contribution in [0.3, 0.4) is 0 Å². The smallest absolute Gasteiger partial charge is 0.233 e. The number of thioether (sulfide) groups is 1. The maximum absolute atomic E-state index is 12.2. The molecule has 1 N–H and O–H groups in total. The number of aromatic nitrogens is 4. The number of benzene rings is 1. The van der Waals surface area contributed by atoms with Gasteiger partial charge in [0.2, 0.25) is 5.91 Å². The summed E-state index contributed by atoms with van der Waals surface area (Å²) in [7, 11) is 1.94. The zero-order valence-electron chi connectivity index (χ0n) is 13.5. The van der Waals surface area contributed by atoms with Crippen molar-refractivity contribution in [3.05, 3.63) is 30.5 Å². The highest BCUT2D eigenvalue weighted by molar-refractivity contribution is 7.99. The lowest BCUT2D eigenvalue weighted by molar-refractivity contribution is -0.127. The largest absolute Gasteiger partial charge is 0.360 e. The third kappa shape index (κ3) is 2.69. The van der Waals surface area contributed by atoms with E-state index in [9.17, 15) is 4.79 Å². The van der Waals surface area contributed by atoms with Crippen LogP contribution in [0.25, 0.3) is 22.3 Å². The Balaban J connectivity index is 1.54. The van der Waals surface area contributed by atoms with Gasteiger partial charge in [-0.1, -0.05) is 30.0 Å². The summed E-state index contributed by atoms with van der Waals surface area (Å²) in [5.74, 6) is 1.41. The fraction of sp³-hybridized carbons (Fsp3) is 0.353. The van der Waals surface area contributed by atoms with E-state index in [1.165, 1.54) is 11.8 Å². The Kier molecular flexibility index (Phi) is 4.02. The van der Waals surface area contributed by atoms with E-state index in [0.717, 1.165) is 53.4 Å². The summed E-state index contributed by atoms with van der Waals surface area (Å²) in [5, 5.41) is 10.5. The molecule has 0 unspecified atom stereocenters. The minimum atomic E-state index is 0.189. The van der Waals surface area contributed by atoms with Gasteiger partial charge in [0.05, 0.1) is 5.75 Å². The van der Waals surface area contributed by atoms with Crippen LogP contribution in [0.1, 0.15) is 12.8 Å². The molecule has 3 aromatic rings. The van der Waals surface area contributed by atoms with E-state index >= 15 is 0 Å². The van der Waals surface area contributed by atoms with Crippen molar-refractivity contribution in [2.24, 2.45) is 7.05 Å². The summed E-state index contributed by atoms with van der Waals surface area (Å²) in [6.45, 7) is 1.78. The van der Waals surface area contributed by atoms with Gasteiger partial charge >= 0.3 is 0 Å². The molecule has 1 amide bonds. The molecule has 0 atom stereocenters. The second-order valence-corrected chi connectivity index (χ2v) is 6.93. The minimum Gasteiger partial charge on any atom is -0.360 e. The van der Waals surface area contributed by atoms with E-state index in [0.29, 0.717) is 5.75 Å². The number of rotatable bonds is 4. The number of hydrogen-bond acceptors (Lipinski definition) is 4. The van der Waals surface area contributed by atoms with Crippen molar-refractivity contribution in [2.75, 3.05) is 18.8 Å². The van der Waals surface area contributed by atoms with Gasteiger partial charge in [-0.05, 0) is 18.9 Å². The summed E-state index contributed by atoms with van der Waals surface area (Å²) in [6, 6.07) is 8.13. The molecular weight excluding hydrogens is 322 g/mol. The predicted molar refractivity (Wildman–Crippen MR) is 94.8 cm³/mol. The van der Waals surface area contributed by atoms with Gasteiger partial charge in [-0.2, -0.15) is 0 Å². The maximum atomic E-state index is 12.2.